The number of fused-ring (bicyclic) bond motifs is 3. The van der Waals surface area contributed by atoms with Crippen LogP contribution in [0.15, 0.2) is 29.4 Å². The molecule has 0 radical (unpaired) electrons. The predicted octanol–water partition coefficient (Wildman–Crippen LogP) is 2.68. The number of amides is 1. The van der Waals surface area contributed by atoms with Gasteiger partial charge in [0.1, 0.15) is 17.1 Å². The molecule has 188 valence electrons. The van der Waals surface area contributed by atoms with Crippen molar-refractivity contribution in [2.45, 2.75) is 43.5 Å². The van der Waals surface area contributed by atoms with Crippen molar-refractivity contribution in [2.24, 2.45) is 7.05 Å². The Hall–Kier alpha value is -3.81. The van der Waals surface area contributed by atoms with Crippen LogP contribution in [0.5, 0.6) is 11.5 Å². The molecular weight excluding hydrogens is 498 g/mol. The Morgan fingerprint density at radius 2 is 1.92 bits per heavy atom. The quantitative estimate of drug-likeness (QED) is 0.427. The topological polar surface area (TPSA) is 130 Å². The number of carbonyl (C=O) groups is 1. The molecule has 3 aromatic heterocycles. The monoisotopic (exact) mass is 518 g/mol. The van der Waals surface area contributed by atoms with Gasteiger partial charge in [-0.2, -0.15) is 5.10 Å². The molecule has 14 heteroatoms. The lowest BCUT2D eigenvalue weighted by Gasteiger charge is -2.11. The van der Waals surface area contributed by atoms with Crippen LogP contribution >= 0.6 is 0 Å². The highest BCUT2D eigenvalue weighted by Gasteiger charge is 2.44. The molecule has 4 aromatic rings. The average Bonchev–Trinajstić information content (AvgIpc) is 3.13. The summed E-state index contributed by atoms with van der Waals surface area (Å²) in [7, 11) is -2.29. The smallest absolute Gasteiger partial charge is 0.395 e. The molecule has 0 atom stereocenters. The number of carbonyl (C=O) groups excluding carboxylic acids is 1. The average molecular weight is 519 g/mol. The summed E-state index contributed by atoms with van der Waals surface area (Å²) in [6, 6.07) is 4.09. The number of rotatable bonds is 5. The van der Waals surface area contributed by atoms with Gasteiger partial charge in [0.15, 0.2) is 32.0 Å². The summed E-state index contributed by atoms with van der Waals surface area (Å²) in [4.78, 5) is 21.8. The number of sulfone groups is 1. The minimum Gasteiger partial charge on any atom is -0.395 e. The molecule has 0 saturated heterocycles. The number of halogens is 2. The van der Waals surface area contributed by atoms with E-state index in [1.165, 1.54) is 40.4 Å². The molecule has 11 nitrogen and oxygen atoms in total. The van der Waals surface area contributed by atoms with Crippen LogP contribution in [-0.4, -0.2) is 56.1 Å². The highest BCUT2D eigenvalue weighted by atomic mass is 32.2. The number of ether oxygens (including phenoxy) is 2. The third-order valence-electron chi connectivity index (χ3n) is 6.44. The number of nitrogens with one attached hydrogen (secondary N) is 1. The van der Waals surface area contributed by atoms with Crippen molar-refractivity contribution in [3.8, 4) is 22.9 Å². The van der Waals surface area contributed by atoms with Crippen molar-refractivity contribution in [2.75, 3.05) is 5.75 Å². The van der Waals surface area contributed by atoms with Gasteiger partial charge in [-0.1, -0.05) is 6.92 Å². The lowest BCUT2D eigenvalue weighted by atomic mass is 10.2. The van der Waals surface area contributed by atoms with E-state index in [1.807, 2.05) is 6.92 Å². The summed E-state index contributed by atoms with van der Waals surface area (Å²) < 4.78 is 65.0. The Bertz CT molecular complexity index is 1710. The Labute approximate surface area is 203 Å². The van der Waals surface area contributed by atoms with Gasteiger partial charge in [0.2, 0.25) is 0 Å². The molecule has 0 bridgehead atoms. The first kappa shape index (κ1) is 22.6. The molecule has 1 amide bonds. The van der Waals surface area contributed by atoms with Gasteiger partial charge < -0.3 is 19.4 Å². The van der Waals surface area contributed by atoms with E-state index in [2.05, 4.69) is 29.9 Å². The summed E-state index contributed by atoms with van der Waals surface area (Å²) in [6.45, 7) is 3.40. The minimum atomic E-state index is -3.89. The molecule has 0 spiro atoms. The number of benzene rings is 1. The third kappa shape index (κ3) is 3.38. The number of alkyl halides is 2. The van der Waals surface area contributed by atoms with Gasteiger partial charge in [0, 0.05) is 30.9 Å². The fourth-order valence-corrected chi connectivity index (χ4v) is 5.13. The maximum Gasteiger partial charge on any atom is 0.586 e. The number of hydrogen-bond donors (Lipinski definition) is 1. The number of nitrogens with zero attached hydrogens (tertiary/aromatic N) is 5. The van der Waals surface area contributed by atoms with Crippen LogP contribution in [0.1, 0.15) is 37.2 Å². The third-order valence-corrected chi connectivity index (χ3v) is 8.07. The van der Waals surface area contributed by atoms with E-state index in [0.29, 0.717) is 5.52 Å². The molecule has 1 N–H and O–H groups in total. The first-order chi connectivity index (χ1) is 16.9. The van der Waals surface area contributed by atoms with Gasteiger partial charge in [-0.05, 0) is 25.8 Å². The maximum atomic E-state index is 13.5. The number of aryl methyl sites for hydroxylation is 1. The number of imidazole rings is 1. The lowest BCUT2D eigenvalue weighted by Crippen LogP contribution is -2.35. The van der Waals surface area contributed by atoms with Gasteiger partial charge in [-0.3, -0.25) is 4.79 Å². The van der Waals surface area contributed by atoms with E-state index in [9.17, 15) is 22.0 Å². The van der Waals surface area contributed by atoms with Crippen LogP contribution in [0.3, 0.4) is 0 Å². The molecule has 1 saturated carbocycles. The highest BCUT2D eigenvalue weighted by Crippen LogP contribution is 2.44. The first-order valence-electron chi connectivity index (χ1n) is 11.1. The van der Waals surface area contributed by atoms with Crippen molar-refractivity contribution in [3.05, 3.63) is 30.1 Å². The van der Waals surface area contributed by atoms with Crippen LogP contribution in [0, 0.1) is 0 Å². The van der Waals surface area contributed by atoms with E-state index in [1.54, 1.807) is 7.05 Å². The Morgan fingerprint density at radius 3 is 2.58 bits per heavy atom. The molecule has 36 heavy (non-hydrogen) atoms. The van der Waals surface area contributed by atoms with Crippen molar-refractivity contribution in [3.63, 3.8) is 0 Å². The summed E-state index contributed by atoms with van der Waals surface area (Å²) in [6.07, 6.45) is -0.703. The largest absolute Gasteiger partial charge is 0.586 e. The van der Waals surface area contributed by atoms with Crippen LogP contribution in [0.2, 0.25) is 0 Å². The van der Waals surface area contributed by atoms with E-state index in [4.69, 9.17) is 0 Å². The van der Waals surface area contributed by atoms with Crippen molar-refractivity contribution >= 4 is 32.4 Å². The number of aromatic nitrogens is 5. The second kappa shape index (κ2) is 7.12. The Kier molecular flexibility index (Phi) is 4.48. The normalized spacial score (nSPS) is 17.6. The summed E-state index contributed by atoms with van der Waals surface area (Å²) in [5.41, 5.74) is 0.672. The molecule has 2 aliphatic rings. The summed E-state index contributed by atoms with van der Waals surface area (Å²) in [5, 5.41) is 6.95. The highest BCUT2D eigenvalue weighted by molar-refractivity contribution is 7.91. The van der Waals surface area contributed by atoms with E-state index in [-0.39, 0.29) is 56.1 Å². The fourth-order valence-electron chi connectivity index (χ4n) is 4.16. The zero-order chi connectivity index (χ0) is 25.6. The first-order valence-corrected chi connectivity index (χ1v) is 12.8. The second-order valence-corrected chi connectivity index (χ2v) is 11.3. The summed E-state index contributed by atoms with van der Waals surface area (Å²) in [5.74, 6) is -0.855. The van der Waals surface area contributed by atoms with E-state index >= 15 is 0 Å². The molecule has 1 aliphatic heterocycles. The lowest BCUT2D eigenvalue weighted by molar-refractivity contribution is -0.286. The molecule has 0 unspecified atom stereocenters. The molecule has 1 aliphatic carbocycles. The van der Waals surface area contributed by atoms with Crippen molar-refractivity contribution < 1.29 is 31.5 Å². The maximum absolute atomic E-state index is 13.5. The molecule has 1 aromatic carbocycles. The summed E-state index contributed by atoms with van der Waals surface area (Å²) >= 11 is 0. The van der Waals surface area contributed by atoms with Gasteiger partial charge in [0.25, 0.3) is 5.91 Å². The van der Waals surface area contributed by atoms with Gasteiger partial charge in [-0.25, -0.2) is 22.9 Å². The minimum absolute atomic E-state index is 0.0927. The van der Waals surface area contributed by atoms with Crippen molar-refractivity contribution in [1.82, 2.24) is 29.5 Å². The fraction of sp³-hybridized carbons (Fsp3) is 0.364. The van der Waals surface area contributed by atoms with E-state index < -0.39 is 22.0 Å². The van der Waals surface area contributed by atoms with Gasteiger partial charge in [-0.15, -0.1) is 8.78 Å². The Balaban J connectivity index is 1.58. The van der Waals surface area contributed by atoms with Crippen LogP contribution < -0.4 is 14.8 Å². The SMILES string of the molecule is CCS(=O)(=O)c1nn2c(C(=O)NC3(C)CC3)ccnc2c1-c1nc2cc3c(cc2n1C)OC(F)(F)O3. The van der Waals surface area contributed by atoms with Crippen molar-refractivity contribution in [1.29, 1.82) is 0 Å². The van der Waals surface area contributed by atoms with Gasteiger partial charge in [0.05, 0.1) is 16.8 Å². The molecule has 4 heterocycles. The zero-order valence-corrected chi connectivity index (χ0v) is 20.2. The van der Waals surface area contributed by atoms with Crippen LogP contribution in [-0.2, 0) is 16.9 Å². The van der Waals surface area contributed by atoms with E-state index in [0.717, 1.165) is 12.8 Å². The zero-order valence-electron chi connectivity index (χ0n) is 19.4. The standard InChI is InChI=1S/C22H20F2N6O5S/c1-4-36(32,33)20-16(17-25-8-5-12(30(17)28-20)19(31)27-21(2)6-7-21)18-26-11-9-14-15(10-13(11)29(18)3)35-22(23,24)34-14/h5,8-10H,4,6-7H2,1-3H3,(H,27,31). The number of hydrogen-bond acceptors (Lipinski definition) is 8. The Morgan fingerprint density at radius 1 is 1.22 bits per heavy atom. The molecular formula is C22H20F2N6O5S. The molecule has 1 fully saturated rings. The second-order valence-electron chi connectivity index (χ2n) is 9.11. The van der Waals surface area contributed by atoms with Crippen LogP contribution in [0.25, 0.3) is 28.1 Å². The van der Waals surface area contributed by atoms with Crippen LogP contribution in [0.4, 0.5) is 8.78 Å². The van der Waals surface area contributed by atoms with Gasteiger partial charge >= 0.3 is 6.29 Å². The predicted molar refractivity (Wildman–Crippen MR) is 122 cm³/mol. The molecule has 6 rings (SSSR count).